The van der Waals surface area contributed by atoms with Gasteiger partial charge in [-0.25, -0.2) is 9.97 Å². The van der Waals surface area contributed by atoms with Gasteiger partial charge in [-0.05, 0) is 38.5 Å². The van der Waals surface area contributed by atoms with Crippen molar-refractivity contribution in [2.75, 3.05) is 24.6 Å². The van der Waals surface area contributed by atoms with E-state index < -0.39 is 0 Å². The third-order valence-electron chi connectivity index (χ3n) is 4.87. The third kappa shape index (κ3) is 3.38. The van der Waals surface area contributed by atoms with Crippen LogP contribution in [0.1, 0.15) is 31.4 Å². The van der Waals surface area contributed by atoms with Gasteiger partial charge in [-0.2, -0.15) is 0 Å². The summed E-state index contributed by atoms with van der Waals surface area (Å²) in [7, 11) is 0. The maximum atomic E-state index is 11.4. The zero-order valence-corrected chi connectivity index (χ0v) is 13.1. The summed E-state index contributed by atoms with van der Waals surface area (Å²) in [4.78, 5) is 22.3. The number of hydrogen-bond donors (Lipinski definition) is 1. The maximum absolute atomic E-state index is 11.4. The van der Waals surface area contributed by atoms with Crippen molar-refractivity contribution in [3.05, 3.63) is 18.1 Å². The Morgan fingerprint density at radius 3 is 2.82 bits per heavy atom. The Morgan fingerprint density at radius 2 is 2.14 bits per heavy atom. The fourth-order valence-electron chi connectivity index (χ4n) is 3.55. The molecule has 2 saturated heterocycles. The Balaban J connectivity index is 1.53. The van der Waals surface area contributed by atoms with Crippen molar-refractivity contribution in [2.24, 2.45) is 17.6 Å². The number of carbonyl (C=O) groups is 1. The average molecular weight is 304 g/mol. The number of nitrogens with zero attached hydrogens (tertiary/aromatic N) is 3. The summed E-state index contributed by atoms with van der Waals surface area (Å²) in [6.45, 7) is 4.64. The van der Waals surface area contributed by atoms with Gasteiger partial charge >= 0.3 is 0 Å². The van der Waals surface area contributed by atoms with Crippen molar-refractivity contribution in [2.45, 2.75) is 38.7 Å². The molecule has 2 aliphatic heterocycles. The van der Waals surface area contributed by atoms with Crippen LogP contribution in [0.2, 0.25) is 0 Å². The van der Waals surface area contributed by atoms with Gasteiger partial charge in [-0.3, -0.25) is 4.79 Å². The highest BCUT2D eigenvalue weighted by molar-refractivity contribution is 5.77. The van der Waals surface area contributed by atoms with Gasteiger partial charge in [0.25, 0.3) is 0 Å². The minimum Gasteiger partial charge on any atom is -0.377 e. The first-order valence-corrected chi connectivity index (χ1v) is 8.08. The van der Waals surface area contributed by atoms with Crippen LogP contribution < -0.4 is 10.6 Å². The second-order valence-corrected chi connectivity index (χ2v) is 6.39. The zero-order chi connectivity index (χ0) is 15.5. The van der Waals surface area contributed by atoms with Crippen LogP contribution in [-0.2, 0) is 9.53 Å². The van der Waals surface area contributed by atoms with E-state index in [1.807, 2.05) is 13.0 Å². The lowest BCUT2D eigenvalue weighted by molar-refractivity contribution is -0.123. The molecule has 0 saturated carbocycles. The molecule has 22 heavy (non-hydrogen) atoms. The van der Waals surface area contributed by atoms with Crippen molar-refractivity contribution in [1.29, 1.82) is 0 Å². The van der Waals surface area contributed by atoms with Crippen LogP contribution in [0.25, 0.3) is 0 Å². The number of primary amides is 1. The molecule has 2 fully saturated rings. The molecule has 6 nitrogen and oxygen atoms in total. The monoisotopic (exact) mass is 304 g/mol. The molecule has 120 valence electrons. The molecule has 3 rings (SSSR count). The van der Waals surface area contributed by atoms with Crippen LogP contribution >= 0.6 is 0 Å². The van der Waals surface area contributed by atoms with Gasteiger partial charge in [0.15, 0.2) is 0 Å². The molecule has 3 heterocycles. The van der Waals surface area contributed by atoms with Crippen molar-refractivity contribution in [1.82, 2.24) is 9.97 Å². The van der Waals surface area contributed by atoms with E-state index in [1.165, 1.54) is 0 Å². The van der Waals surface area contributed by atoms with Crippen LogP contribution in [0.5, 0.6) is 0 Å². The minimum atomic E-state index is -0.212. The quantitative estimate of drug-likeness (QED) is 0.906. The van der Waals surface area contributed by atoms with Crippen molar-refractivity contribution in [3.8, 4) is 0 Å². The summed E-state index contributed by atoms with van der Waals surface area (Å²) in [5, 5.41) is 0. The molecule has 2 atom stereocenters. The Bertz CT molecular complexity index is 529. The molecule has 0 spiro atoms. The first-order chi connectivity index (χ1) is 10.6. The fourth-order valence-corrected chi connectivity index (χ4v) is 3.55. The predicted molar refractivity (Wildman–Crippen MR) is 83.4 cm³/mol. The molecule has 6 heteroatoms. The van der Waals surface area contributed by atoms with E-state index in [0.717, 1.165) is 50.3 Å². The lowest BCUT2D eigenvalue weighted by Crippen LogP contribution is -2.37. The van der Waals surface area contributed by atoms with Crippen molar-refractivity contribution in [3.63, 3.8) is 0 Å². The topological polar surface area (TPSA) is 81.3 Å². The summed E-state index contributed by atoms with van der Waals surface area (Å²) in [6, 6.07) is 2.03. The van der Waals surface area contributed by atoms with Crippen LogP contribution in [0.3, 0.4) is 0 Å². The molecular weight excluding hydrogens is 280 g/mol. The molecule has 1 aromatic heterocycles. The van der Waals surface area contributed by atoms with Crippen molar-refractivity contribution >= 4 is 11.7 Å². The number of aromatic nitrogens is 2. The molecule has 0 unspecified atom stereocenters. The molecular formula is C16H24N4O2. The van der Waals surface area contributed by atoms with Gasteiger partial charge < -0.3 is 15.4 Å². The van der Waals surface area contributed by atoms with Crippen LogP contribution in [0, 0.1) is 18.8 Å². The number of aryl methyl sites for hydroxylation is 1. The minimum absolute atomic E-state index is 0.0235. The number of nitrogens with two attached hydrogens (primary N) is 1. The Labute approximate surface area is 131 Å². The predicted octanol–water partition coefficient (Wildman–Crippen LogP) is 1.28. The number of piperidine rings is 1. The van der Waals surface area contributed by atoms with E-state index in [4.69, 9.17) is 10.5 Å². The van der Waals surface area contributed by atoms with Crippen LogP contribution in [0.15, 0.2) is 12.4 Å². The molecule has 0 radical (unpaired) electrons. The van der Waals surface area contributed by atoms with Crippen LogP contribution in [0.4, 0.5) is 5.82 Å². The number of ether oxygens (including phenoxy) is 1. The molecule has 0 aromatic carbocycles. The first-order valence-electron chi connectivity index (χ1n) is 8.08. The summed E-state index contributed by atoms with van der Waals surface area (Å²) in [6.07, 6.45) is 5.59. The van der Waals surface area contributed by atoms with Gasteiger partial charge in [0, 0.05) is 31.5 Å². The highest BCUT2D eigenvalue weighted by Crippen LogP contribution is 2.31. The normalized spacial score (nSPS) is 26.3. The number of hydrogen-bond acceptors (Lipinski definition) is 5. The Hall–Kier alpha value is -1.69. The maximum Gasteiger partial charge on any atom is 0.223 e. The molecule has 2 aliphatic rings. The van der Waals surface area contributed by atoms with E-state index >= 15 is 0 Å². The standard InChI is InChI=1S/C16H24N4O2/c1-11-8-15(19-10-18-11)20-5-2-12(3-6-20)9-14-13(16(17)21)4-7-22-14/h8,10,12-14H,2-7,9H2,1H3,(H2,17,21)/t13-,14-/m1/s1. The summed E-state index contributed by atoms with van der Waals surface area (Å²) in [5.41, 5.74) is 6.46. The van der Waals surface area contributed by atoms with E-state index in [-0.39, 0.29) is 17.9 Å². The van der Waals surface area contributed by atoms with Crippen LogP contribution in [-0.4, -0.2) is 41.7 Å². The van der Waals surface area contributed by atoms with Gasteiger partial charge in [0.2, 0.25) is 5.91 Å². The van der Waals surface area contributed by atoms with Gasteiger partial charge in [-0.15, -0.1) is 0 Å². The average Bonchev–Trinajstić information content (AvgIpc) is 2.96. The second kappa shape index (κ2) is 6.60. The van der Waals surface area contributed by atoms with E-state index in [1.54, 1.807) is 6.33 Å². The lowest BCUT2D eigenvalue weighted by Gasteiger charge is -2.34. The highest BCUT2D eigenvalue weighted by Gasteiger charge is 2.35. The van der Waals surface area contributed by atoms with Gasteiger partial charge in [0.1, 0.15) is 12.1 Å². The fraction of sp³-hybridized carbons (Fsp3) is 0.688. The van der Waals surface area contributed by atoms with Gasteiger partial charge in [0.05, 0.1) is 12.0 Å². The number of amides is 1. The van der Waals surface area contributed by atoms with E-state index in [9.17, 15) is 4.79 Å². The Morgan fingerprint density at radius 1 is 1.36 bits per heavy atom. The second-order valence-electron chi connectivity index (χ2n) is 6.39. The van der Waals surface area contributed by atoms with Crippen molar-refractivity contribution < 1.29 is 9.53 Å². The zero-order valence-electron chi connectivity index (χ0n) is 13.1. The smallest absolute Gasteiger partial charge is 0.223 e. The summed E-state index contributed by atoms with van der Waals surface area (Å²) < 4.78 is 5.72. The largest absolute Gasteiger partial charge is 0.377 e. The summed E-state index contributed by atoms with van der Waals surface area (Å²) >= 11 is 0. The highest BCUT2D eigenvalue weighted by atomic mass is 16.5. The number of carbonyl (C=O) groups excluding carboxylic acids is 1. The lowest BCUT2D eigenvalue weighted by atomic mass is 9.86. The van der Waals surface area contributed by atoms with E-state index in [0.29, 0.717) is 12.5 Å². The number of anilines is 1. The van der Waals surface area contributed by atoms with Gasteiger partial charge in [-0.1, -0.05) is 0 Å². The Kier molecular flexibility index (Phi) is 4.57. The third-order valence-corrected chi connectivity index (χ3v) is 4.87. The summed E-state index contributed by atoms with van der Waals surface area (Å²) in [5.74, 6) is 1.31. The SMILES string of the molecule is Cc1cc(N2CCC(C[C@H]3OCC[C@H]3C(N)=O)CC2)ncn1. The molecule has 0 bridgehead atoms. The molecule has 1 aromatic rings. The molecule has 1 amide bonds. The first kappa shape index (κ1) is 15.2. The molecule has 0 aliphatic carbocycles. The van der Waals surface area contributed by atoms with E-state index in [2.05, 4.69) is 14.9 Å². The molecule has 2 N–H and O–H groups in total. The number of rotatable bonds is 4.